The molecule has 1 aromatic carbocycles. The van der Waals surface area contributed by atoms with Crippen LogP contribution in [-0.4, -0.2) is 55.8 Å². The maximum Gasteiger partial charge on any atom is 0.243 e. The van der Waals surface area contributed by atoms with Crippen molar-refractivity contribution in [1.29, 1.82) is 0 Å². The number of rotatable bonds is 4. The third-order valence-electron chi connectivity index (χ3n) is 6.35. The zero-order chi connectivity index (χ0) is 20.7. The maximum atomic E-state index is 13.1. The van der Waals surface area contributed by atoms with E-state index in [2.05, 4.69) is 16.9 Å². The van der Waals surface area contributed by atoms with Gasteiger partial charge in [0.15, 0.2) is 0 Å². The van der Waals surface area contributed by atoms with E-state index in [0.29, 0.717) is 37.5 Å². The molecule has 5 rings (SSSR count). The number of fused-ring (bicyclic) bond motifs is 1. The number of hydrogen-bond donors (Lipinski definition) is 2. The second-order valence-corrected chi connectivity index (χ2v) is 11.1. The van der Waals surface area contributed by atoms with Crippen molar-refractivity contribution in [2.75, 3.05) is 26.2 Å². The first kappa shape index (κ1) is 20.1. The molecule has 2 fully saturated rings. The van der Waals surface area contributed by atoms with Crippen molar-refractivity contribution >= 4 is 27.3 Å². The summed E-state index contributed by atoms with van der Waals surface area (Å²) in [6.07, 6.45) is 3.79. The third kappa shape index (κ3) is 3.69. The molecule has 0 bridgehead atoms. The lowest BCUT2D eigenvalue weighted by atomic mass is 10.1. The molecule has 1 amide bonds. The predicted octanol–water partition coefficient (Wildman–Crippen LogP) is 1.68. The Bertz CT molecular complexity index is 1030. The van der Waals surface area contributed by atoms with Gasteiger partial charge in [-0.3, -0.25) is 4.79 Å². The van der Waals surface area contributed by atoms with Gasteiger partial charge in [0, 0.05) is 31.1 Å². The summed E-state index contributed by atoms with van der Waals surface area (Å²) in [5.74, 6) is 0.0381. The van der Waals surface area contributed by atoms with Crippen molar-refractivity contribution in [2.45, 2.75) is 42.7 Å². The van der Waals surface area contributed by atoms with Crippen LogP contribution in [0.3, 0.4) is 0 Å². The molecule has 2 N–H and O–H groups in total. The van der Waals surface area contributed by atoms with E-state index in [1.54, 1.807) is 22.3 Å². The fraction of sp³-hybridized carbons (Fsp3) is 0.476. The number of hydrogen-bond acceptors (Lipinski definition) is 6. The van der Waals surface area contributed by atoms with Crippen LogP contribution in [0.25, 0.3) is 0 Å². The van der Waals surface area contributed by atoms with Crippen LogP contribution in [0.15, 0.2) is 40.6 Å². The molecule has 30 heavy (non-hydrogen) atoms. The minimum absolute atomic E-state index is 0.0381. The summed E-state index contributed by atoms with van der Waals surface area (Å²) in [6, 6.07) is 9.47. The smallest absolute Gasteiger partial charge is 0.243 e. The molecule has 3 aliphatic rings. The van der Waals surface area contributed by atoms with Gasteiger partial charge in [-0.15, -0.1) is 11.3 Å². The van der Waals surface area contributed by atoms with E-state index in [4.69, 9.17) is 0 Å². The summed E-state index contributed by atoms with van der Waals surface area (Å²) in [7, 11) is -3.52. The molecule has 160 valence electrons. The van der Waals surface area contributed by atoms with E-state index in [9.17, 15) is 13.2 Å². The molecule has 2 aliphatic heterocycles. The van der Waals surface area contributed by atoms with Gasteiger partial charge in [-0.1, -0.05) is 12.1 Å². The summed E-state index contributed by atoms with van der Waals surface area (Å²) in [5, 5.41) is 2.03. The van der Waals surface area contributed by atoms with Crippen LogP contribution in [0.4, 0.5) is 0 Å². The van der Waals surface area contributed by atoms with Gasteiger partial charge >= 0.3 is 0 Å². The molecular formula is C21H26N4O3S2. The van der Waals surface area contributed by atoms with Crippen LogP contribution in [0.2, 0.25) is 0 Å². The van der Waals surface area contributed by atoms with Gasteiger partial charge in [0.2, 0.25) is 15.9 Å². The van der Waals surface area contributed by atoms with Gasteiger partial charge in [-0.25, -0.2) is 19.3 Å². The summed E-state index contributed by atoms with van der Waals surface area (Å²) in [6.45, 7) is 1.51. The minimum Gasteiger partial charge on any atom is -0.339 e. The van der Waals surface area contributed by atoms with Crippen LogP contribution in [0, 0.1) is 0 Å². The van der Waals surface area contributed by atoms with Crippen LogP contribution >= 0.6 is 11.3 Å². The van der Waals surface area contributed by atoms with Crippen molar-refractivity contribution in [3.8, 4) is 0 Å². The van der Waals surface area contributed by atoms with E-state index in [1.807, 2.05) is 23.6 Å². The van der Waals surface area contributed by atoms with E-state index in [-0.39, 0.29) is 18.0 Å². The first-order chi connectivity index (χ1) is 14.5. The molecule has 0 radical (unpaired) electrons. The number of sulfonamides is 1. The molecule has 7 nitrogen and oxygen atoms in total. The fourth-order valence-electron chi connectivity index (χ4n) is 4.62. The molecule has 9 heteroatoms. The number of carbonyl (C=O) groups excluding carboxylic acids is 1. The number of thiophene rings is 1. The Balaban J connectivity index is 1.20. The van der Waals surface area contributed by atoms with Crippen LogP contribution in [0.1, 0.15) is 34.9 Å². The number of benzene rings is 1. The second kappa shape index (κ2) is 8.05. The standard InChI is InChI=1S/C21H26N4O3S2/c26-21(19-14-18(22-23-19)20-5-2-12-29-20)24-8-10-25(11-9-24)30(27,28)17-7-6-15-3-1-4-16(15)13-17/h2,5-7,12-13,18-19,22-23H,1,3-4,8-11,14H2. The van der Waals surface area contributed by atoms with Crippen molar-refractivity contribution in [3.05, 3.63) is 51.7 Å². The van der Waals surface area contributed by atoms with Gasteiger partial charge in [0.25, 0.3) is 0 Å². The lowest BCUT2D eigenvalue weighted by molar-refractivity contribution is -0.134. The largest absolute Gasteiger partial charge is 0.339 e. The highest BCUT2D eigenvalue weighted by Crippen LogP contribution is 2.28. The van der Waals surface area contributed by atoms with Crippen LogP contribution in [0.5, 0.6) is 0 Å². The average Bonchev–Trinajstić information content (AvgIpc) is 3.53. The zero-order valence-electron chi connectivity index (χ0n) is 16.7. The van der Waals surface area contributed by atoms with Gasteiger partial charge in [0.05, 0.1) is 10.9 Å². The molecule has 2 unspecified atom stereocenters. The molecule has 2 atom stereocenters. The molecule has 0 spiro atoms. The topological polar surface area (TPSA) is 81.8 Å². The number of nitrogens with one attached hydrogen (secondary N) is 2. The highest BCUT2D eigenvalue weighted by molar-refractivity contribution is 7.89. The monoisotopic (exact) mass is 446 g/mol. The van der Waals surface area contributed by atoms with E-state index >= 15 is 0 Å². The first-order valence-corrected chi connectivity index (χ1v) is 12.8. The van der Waals surface area contributed by atoms with Gasteiger partial charge in [-0.05, 0) is 60.4 Å². The second-order valence-electron chi connectivity index (χ2n) is 8.16. The highest BCUT2D eigenvalue weighted by atomic mass is 32.2. The number of aryl methyl sites for hydroxylation is 2. The Morgan fingerprint density at radius 1 is 1.03 bits per heavy atom. The number of hydrazine groups is 1. The van der Waals surface area contributed by atoms with Crippen molar-refractivity contribution in [2.24, 2.45) is 0 Å². The Hall–Kier alpha value is -1.78. The summed E-state index contributed by atoms with van der Waals surface area (Å²) < 4.78 is 27.7. The molecule has 2 saturated heterocycles. The minimum atomic E-state index is -3.52. The average molecular weight is 447 g/mol. The van der Waals surface area contributed by atoms with Crippen molar-refractivity contribution in [3.63, 3.8) is 0 Å². The Morgan fingerprint density at radius 3 is 2.60 bits per heavy atom. The number of nitrogens with zero attached hydrogens (tertiary/aromatic N) is 2. The van der Waals surface area contributed by atoms with Gasteiger partial charge in [0.1, 0.15) is 6.04 Å². The van der Waals surface area contributed by atoms with Crippen molar-refractivity contribution < 1.29 is 13.2 Å². The van der Waals surface area contributed by atoms with Crippen LogP contribution in [-0.2, 0) is 27.7 Å². The molecule has 1 aliphatic carbocycles. The molecule has 0 saturated carbocycles. The SMILES string of the molecule is O=C(C1CC(c2cccs2)NN1)N1CCN(S(=O)(=O)c2ccc3c(c2)CCC3)CC1. The number of carbonyl (C=O) groups is 1. The molecular weight excluding hydrogens is 420 g/mol. The quantitative estimate of drug-likeness (QED) is 0.747. The van der Waals surface area contributed by atoms with E-state index in [0.717, 1.165) is 24.8 Å². The maximum absolute atomic E-state index is 13.1. The van der Waals surface area contributed by atoms with Gasteiger partial charge in [-0.2, -0.15) is 4.31 Å². The molecule has 2 aromatic rings. The van der Waals surface area contributed by atoms with E-state index < -0.39 is 10.0 Å². The normalized spacial score (nSPS) is 24.9. The van der Waals surface area contributed by atoms with E-state index in [1.165, 1.54) is 14.7 Å². The number of amides is 1. The Labute approximate surface area is 181 Å². The predicted molar refractivity (Wildman–Crippen MR) is 116 cm³/mol. The van der Waals surface area contributed by atoms with Gasteiger partial charge < -0.3 is 4.90 Å². The zero-order valence-corrected chi connectivity index (χ0v) is 18.3. The Morgan fingerprint density at radius 2 is 1.83 bits per heavy atom. The van der Waals surface area contributed by atoms with Crippen molar-refractivity contribution in [1.82, 2.24) is 20.1 Å². The Kier molecular flexibility index (Phi) is 5.40. The number of piperazine rings is 1. The lowest BCUT2D eigenvalue weighted by Gasteiger charge is -2.35. The van der Waals surface area contributed by atoms with Crippen LogP contribution < -0.4 is 10.9 Å². The highest BCUT2D eigenvalue weighted by Gasteiger charge is 2.36. The molecule has 3 heterocycles. The lowest BCUT2D eigenvalue weighted by Crippen LogP contribution is -2.54. The molecule has 1 aromatic heterocycles. The summed E-state index contributed by atoms with van der Waals surface area (Å²) in [4.78, 5) is 16.3. The third-order valence-corrected chi connectivity index (χ3v) is 9.23. The first-order valence-electron chi connectivity index (χ1n) is 10.5. The summed E-state index contributed by atoms with van der Waals surface area (Å²) in [5.41, 5.74) is 8.75. The summed E-state index contributed by atoms with van der Waals surface area (Å²) >= 11 is 1.68. The fourth-order valence-corrected chi connectivity index (χ4v) is 6.89.